The van der Waals surface area contributed by atoms with E-state index in [2.05, 4.69) is 5.32 Å². The summed E-state index contributed by atoms with van der Waals surface area (Å²) in [5.74, 6) is -0.0830. The molecule has 1 amide bonds. The van der Waals surface area contributed by atoms with Crippen LogP contribution in [0.4, 0.5) is 0 Å². The first-order valence-corrected chi connectivity index (χ1v) is 9.36. The highest BCUT2D eigenvalue weighted by Gasteiger charge is 2.18. The van der Waals surface area contributed by atoms with Crippen LogP contribution in [0.15, 0.2) is 53.4 Å². The average Bonchev–Trinajstić information content (AvgIpc) is 2.52. The summed E-state index contributed by atoms with van der Waals surface area (Å²) in [5.41, 5.74) is 2.79. The van der Waals surface area contributed by atoms with Crippen molar-refractivity contribution >= 4 is 15.7 Å². The van der Waals surface area contributed by atoms with Gasteiger partial charge >= 0.3 is 0 Å². The minimum atomic E-state index is -3.29. The van der Waals surface area contributed by atoms with Crippen molar-refractivity contribution in [1.82, 2.24) is 5.32 Å². The summed E-state index contributed by atoms with van der Waals surface area (Å²) < 4.78 is 23.6. The quantitative estimate of drug-likeness (QED) is 0.916. The van der Waals surface area contributed by atoms with Gasteiger partial charge in [0.2, 0.25) is 5.91 Å². The highest BCUT2D eigenvalue weighted by molar-refractivity contribution is 7.90. The molecule has 2 aromatic carbocycles. The Morgan fingerprint density at radius 1 is 1.09 bits per heavy atom. The monoisotopic (exact) mass is 331 g/mol. The van der Waals surface area contributed by atoms with Gasteiger partial charge < -0.3 is 5.32 Å². The lowest BCUT2D eigenvalue weighted by atomic mass is 9.97. The predicted molar refractivity (Wildman–Crippen MR) is 91.0 cm³/mol. The van der Waals surface area contributed by atoms with Crippen molar-refractivity contribution in [2.75, 3.05) is 6.26 Å². The number of nitrogens with one attached hydrogen (secondary N) is 1. The lowest BCUT2D eigenvalue weighted by molar-refractivity contribution is -0.121. The molecule has 0 saturated heterocycles. The Hall–Kier alpha value is -2.14. The molecule has 0 bridgehead atoms. The summed E-state index contributed by atoms with van der Waals surface area (Å²) in [4.78, 5) is 12.1. The van der Waals surface area contributed by atoms with Crippen molar-refractivity contribution in [3.63, 3.8) is 0 Å². The fourth-order valence-electron chi connectivity index (χ4n) is 2.31. The fourth-order valence-corrected chi connectivity index (χ4v) is 2.98. The summed E-state index contributed by atoms with van der Waals surface area (Å²) in [6, 6.07) is 14.2. The van der Waals surface area contributed by atoms with Gasteiger partial charge in [-0.05, 0) is 30.2 Å². The maximum absolute atomic E-state index is 11.9. The largest absolute Gasteiger partial charge is 0.345 e. The molecule has 5 heteroatoms. The van der Waals surface area contributed by atoms with Gasteiger partial charge in [-0.2, -0.15) is 0 Å². The van der Waals surface area contributed by atoms with E-state index in [1.54, 1.807) is 25.1 Å². The maximum Gasteiger partial charge on any atom is 0.220 e. The van der Waals surface area contributed by atoms with E-state index in [-0.39, 0.29) is 16.8 Å². The van der Waals surface area contributed by atoms with E-state index in [1.807, 2.05) is 37.3 Å². The van der Waals surface area contributed by atoms with Crippen molar-refractivity contribution in [2.24, 2.45) is 0 Å². The third-order valence-electron chi connectivity index (χ3n) is 3.66. The van der Waals surface area contributed by atoms with Crippen molar-refractivity contribution in [2.45, 2.75) is 31.2 Å². The fraction of sp³-hybridized carbons (Fsp3) is 0.278. The highest BCUT2D eigenvalue weighted by Crippen LogP contribution is 2.25. The second-order valence-corrected chi connectivity index (χ2v) is 7.63. The van der Waals surface area contributed by atoms with E-state index in [4.69, 9.17) is 0 Å². The summed E-state index contributed by atoms with van der Waals surface area (Å²) in [6.45, 7) is 3.78. The Kier molecular flexibility index (Phi) is 5.21. The number of rotatable bonds is 5. The molecule has 0 aliphatic carbocycles. The van der Waals surface area contributed by atoms with Gasteiger partial charge in [0.25, 0.3) is 0 Å². The minimum absolute atomic E-state index is 0.0830. The third-order valence-corrected chi connectivity index (χ3v) is 4.77. The van der Waals surface area contributed by atoms with E-state index < -0.39 is 9.84 Å². The Labute approximate surface area is 137 Å². The Morgan fingerprint density at radius 2 is 1.74 bits per heavy atom. The van der Waals surface area contributed by atoms with Crippen LogP contribution >= 0.6 is 0 Å². The van der Waals surface area contributed by atoms with Crippen LogP contribution in [0.3, 0.4) is 0 Å². The van der Waals surface area contributed by atoms with Gasteiger partial charge in [-0.25, -0.2) is 8.42 Å². The van der Waals surface area contributed by atoms with Crippen molar-refractivity contribution in [3.05, 3.63) is 65.2 Å². The molecule has 122 valence electrons. The summed E-state index contributed by atoms with van der Waals surface area (Å²) in [5, 5.41) is 2.96. The predicted octanol–water partition coefficient (Wildman–Crippen LogP) is 3.01. The number of carbonyl (C=O) groups is 1. The maximum atomic E-state index is 11.9. The first kappa shape index (κ1) is 17.2. The van der Waals surface area contributed by atoms with Crippen LogP contribution in [0.2, 0.25) is 0 Å². The summed E-state index contributed by atoms with van der Waals surface area (Å²) in [7, 11) is -3.29. The molecule has 0 saturated carbocycles. The SMILES string of the molecule is CCC(=O)N[C@H](c1ccc(C)cc1)c1cccc(S(C)(=O)=O)c1. The standard InChI is InChI=1S/C18H21NO3S/c1-4-17(20)19-18(14-10-8-13(2)9-11-14)15-6-5-7-16(12-15)23(3,21)22/h5-12,18H,4H2,1-3H3,(H,19,20)/t18-/m1/s1. The number of carbonyl (C=O) groups excluding carboxylic acids is 1. The van der Waals surface area contributed by atoms with Crippen LogP contribution in [0.1, 0.15) is 36.1 Å². The molecule has 0 fully saturated rings. The first-order valence-electron chi connectivity index (χ1n) is 7.47. The zero-order valence-electron chi connectivity index (χ0n) is 13.5. The molecule has 23 heavy (non-hydrogen) atoms. The van der Waals surface area contributed by atoms with Gasteiger partial charge in [0.05, 0.1) is 10.9 Å². The molecule has 2 aromatic rings. The van der Waals surface area contributed by atoms with E-state index >= 15 is 0 Å². The Balaban J connectivity index is 2.49. The molecular weight excluding hydrogens is 310 g/mol. The summed E-state index contributed by atoms with van der Waals surface area (Å²) >= 11 is 0. The normalized spacial score (nSPS) is 12.7. The number of amides is 1. The van der Waals surface area contributed by atoms with E-state index in [1.165, 1.54) is 6.26 Å². The van der Waals surface area contributed by atoms with E-state index in [0.717, 1.165) is 16.7 Å². The van der Waals surface area contributed by atoms with Crippen LogP contribution in [-0.2, 0) is 14.6 Å². The number of hydrogen-bond acceptors (Lipinski definition) is 3. The van der Waals surface area contributed by atoms with Gasteiger partial charge in [0.1, 0.15) is 0 Å². The molecule has 1 N–H and O–H groups in total. The number of benzene rings is 2. The molecule has 0 aromatic heterocycles. The van der Waals surface area contributed by atoms with E-state index in [9.17, 15) is 13.2 Å². The second kappa shape index (κ2) is 6.96. The molecule has 1 atom stereocenters. The first-order chi connectivity index (χ1) is 10.8. The topological polar surface area (TPSA) is 63.2 Å². The van der Waals surface area contributed by atoms with Gasteiger partial charge in [-0.1, -0.05) is 48.9 Å². The zero-order valence-corrected chi connectivity index (χ0v) is 14.4. The molecule has 0 spiro atoms. The van der Waals surface area contributed by atoms with Gasteiger partial charge in [-0.3, -0.25) is 4.79 Å². The smallest absolute Gasteiger partial charge is 0.220 e. The van der Waals surface area contributed by atoms with Gasteiger partial charge in [0.15, 0.2) is 9.84 Å². The van der Waals surface area contributed by atoms with Crippen LogP contribution < -0.4 is 5.32 Å². The lowest BCUT2D eigenvalue weighted by Gasteiger charge is -2.20. The van der Waals surface area contributed by atoms with Crippen LogP contribution in [0, 0.1) is 6.92 Å². The van der Waals surface area contributed by atoms with Gasteiger partial charge in [-0.15, -0.1) is 0 Å². The molecule has 0 aliphatic rings. The van der Waals surface area contributed by atoms with Gasteiger partial charge in [0, 0.05) is 12.7 Å². The molecule has 0 unspecified atom stereocenters. The molecule has 0 aliphatic heterocycles. The molecular formula is C18H21NO3S. The van der Waals surface area contributed by atoms with Crippen molar-refractivity contribution in [3.8, 4) is 0 Å². The number of sulfone groups is 1. The third kappa shape index (κ3) is 4.42. The average molecular weight is 331 g/mol. The zero-order chi connectivity index (χ0) is 17.0. The summed E-state index contributed by atoms with van der Waals surface area (Å²) in [6.07, 6.45) is 1.55. The van der Waals surface area contributed by atoms with Crippen molar-refractivity contribution in [1.29, 1.82) is 0 Å². The second-order valence-electron chi connectivity index (χ2n) is 5.61. The minimum Gasteiger partial charge on any atom is -0.345 e. The van der Waals surface area contributed by atoms with Crippen LogP contribution in [0.5, 0.6) is 0 Å². The number of aryl methyl sites for hydroxylation is 1. The molecule has 4 nitrogen and oxygen atoms in total. The molecule has 0 heterocycles. The Morgan fingerprint density at radius 3 is 2.30 bits per heavy atom. The molecule has 0 radical (unpaired) electrons. The van der Waals surface area contributed by atoms with Crippen LogP contribution in [0.25, 0.3) is 0 Å². The Bertz CT molecular complexity index is 795. The highest BCUT2D eigenvalue weighted by atomic mass is 32.2. The van der Waals surface area contributed by atoms with Crippen molar-refractivity contribution < 1.29 is 13.2 Å². The van der Waals surface area contributed by atoms with Crippen LogP contribution in [-0.4, -0.2) is 20.6 Å². The number of hydrogen-bond donors (Lipinski definition) is 1. The van der Waals surface area contributed by atoms with E-state index in [0.29, 0.717) is 6.42 Å². The lowest BCUT2D eigenvalue weighted by Crippen LogP contribution is -2.28. The molecule has 2 rings (SSSR count).